The van der Waals surface area contributed by atoms with Gasteiger partial charge in [0.05, 0.1) is 36.3 Å². The van der Waals surface area contributed by atoms with Crippen LogP contribution in [0.4, 0.5) is 0 Å². The number of benzene rings is 2. The zero-order valence-corrected chi connectivity index (χ0v) is 23.3. The van der Waals surface area contributed by atoms with Crippen LogP contribution in [0, 0.1) is 0 Å². The third kappa shape index (κ3) is 6.17. The van der Waals surface area contributed by atoms with Gasteiger partial charge in [-0.25, -0.2) is 12.7 Å². The van der Waals surface area contributed by atoms with Gasteiger partial charge in [-0.2, -0.15) is 0 Å². The standard InChI is InChI=1S/C28H35N3O7S/c1-4-17-38-22-9-5-20(6-10-22)25-24(26(32)21-7-11-23(12-8-21)39(35,36)29(2)3)27(33)28(34)31(25)14-13-30-15-18-37-19-16-30/h5-12,25,32H,4,13-19H2,1-3H3/t25-/m0/s1. The third-order valence-corrected chi connectivity index (χ3v) is 8.71. The molecule has 1 atom stereocenters. The molecule has 2 heterocycles. The smallest absolute Gasteiger partial charge is 0.295 e. The molecule has 0 saturated carbocycles. The van der Waals surface area contributed by atoms with E-state index in [1.807, 2.05) is 6.92 Å². The molecule has 39 heavy (non-hydrogen) atoms. The number of likely N-dealkylation sites (tertiary alicyclic amines) is 1. The molecule has 0 bridgehead atoms. The molecule has 4 rings (SSSR count). The summed E-state index contributed by atoms with van der Waals surface area (Å²) in [4.78, 5) is 30.3. The van der Waals surface area contributed by atoms with E-state index in [1.54, 1.807) is 24.3 Å². The van der Waals surface area contributed by atoms with Gasteiger partial charge in [-0.05, 0) is 48.4 Å². The molecule has 0 aliphatic carbocycles. The highest BCUT2D eigenvalue weighted by atomic mass is 32.2. The Kier molecular flexibility index (Phi) is 9.06. The van der Waals surface area contributed by atoms with Crippen LogP contribution in [0.25, 0.3) is 5.76 Å². The second-order valence-corrected chi connectivity index (χ2v) is 11.8. The first-order valence-electron chi connectivity index (χ1n) is 13.0. The number of aliphatic hydroxyl groups is 1. The summed E-state index contributed by atoms with van der Waals surface area (Å²) < 4.78 is 37.1. The lowest BCUT2D eigenvalue weighted by atomic mass is 9.95. The van der Waals surface area contributed by atoms with Crippen molar-refractivity contribution in [2.75, 3.05) is 60.1 Å². The first-order chi connectivity index (χ1) is 18.6. The van der Waals surface area contributed by atoms with Crippen molar-refractivity contribution >= 4 is 27.5 Å². The normalized spacial score (nSPS) is 20.1. The van der Waals surface area contributed by atoms with Gasteiger partial charge in [0.15, 0.2) is 0 Å². The van der Waals surface area contributed by atoms with Crippen LogP contribution in [0.15, 0.2) is 59.0 Å². The van der Waals surface area contributed by atoms with Crippen molar-refractivity contribution < 1.29 is 32.6 Å². The molecule has 0 spiro atoms. The van der Waals surface area contributed by atoms with E-state index in [-0.39, 0.29) is 21.8 Å². The zero-order chi connectivity index (χ0) is 28.2. The number of rotatable bonds is 10. The molecule has 2 saturated heterocycles. The fourth-order valence-corrected chi connectivity index (χ4v) is 5.55. The minimum Gasteiger partial charge on any atom is -0.507 e. The van der Waals surface area contributed by atoms with Crippen LogP contribution in [0.2, 0.25) is 0 Å². The lowest BCUT2D eigenvalue weighted by Crippen LogP contribution is -2.42. The number of hydrogen-bond donors (Lipinski definition) is 1. The molecule has 0 unspecified atom stereocenters. The lowest BCUT2D eigenvalue weighted by molar-refractivity contribution is -0.140. The Morgan fingerprint density at radius 2 is 1.67 bits per heavy atom. The third-order valence-electron chi connectivity index (χ3n) is 6.88. The van der Waals surface area contributed by atoms with E-state index in [0.29, 0.717) is 44.2 Å². The Labute approximate surface area is 229 Å². The van der Waals surface area contributed by atoms with Crippen LogP contribution < -0.4 is 4.74 Å². The van der Waals surface area contributed by atoms with Crippen LogP contribution in [-0.2, 0) is 24.3 Å². The Hall–Kier alpha value is -3.25. The fourth-order valence-electron chi connectivity index (χ4n) is 4.65. The molecule has 2 aromatic rings. The maximum Gasteiger partial charge on any atom is 0.295 e. The topological polar surface area (TPSA) is 117 Å². The molecular formula is C28H35N3O7S. The molecule has 1 N–H and O–H groups in total. The van der Waals surface area contributed by atoms with Crippen LogP contribution in [0.1, 0.15) is 30.5 Å². The monoisotopic (exact) mass is 557 g/mol. The van der Waals surface area contributed by atoms with Crippen molar-refractivity contribution in [3.05, 3.63) is 65.2 Å². The van der Waals surface area contributed by atoms with E-state index in [1.165, 1.54) is 43.3 Å². The van der Waals surface area contributed by atoms with E-state index in [4.69, 9.17) is 9.47 Å². The number of nitrogens with zero attached hydrogens (tertiary/aromatic N) is 3. The van der Waals surface area contributed by atoms with Crippen molar-refractivity contribution in [3.63, 3.8) is 0 Å². The van der Waals surface area contributed by atoms with E-state index >= 15 is 0 Å². The molecular weight excluding hydrogens is 522 g/mol. The van der Waals surface area contributed by atoms with Crippen LogP contribution in [-0.4, -0.2) is 99.4 Å². The van der Waals surface area contributed by atoms with Gasteiger partial charge in [-0.3, -0.25) is 14.5 Å². The van der Waals surface area contributed by atoms with Gasteiger partial charge in [0.1, 0.15) is 11.5 Å². The number of sulfonamides is 1. The second kappa shape index (κ2) is 12.3. The molecule has 2 aromatic carbocycles. The molecule has 1 amide bonds. The summed E-state index contributed by atoms with van der Waals surface area (Å²) in [6.45, 7) is 6.13. The van der Waals surface area contributed by atoms with Gasteiger partial charge < -0.3 is 19.5 Å². The molecule has 0 radical (unpaired) electrons. The Morgan fingerprint density at radius 3 is 2.26 bits per heavy atom. The minimum atomic E-state index is -3.67. The maximum atomic E-state index is 13.3. The zero-order valence-electron chi connectivity index (χ0n) is 22.5. The largest absolute Gasteiger partial charge is 0.507 e. The summed E-state index contributed by atoms with van der Waals surface area (Å²) in [5.74, 6) is -1.15. The van der Waals surface area contributed by atoms with Crippen molar-refractivity contribution in [2.45, 2.75) is 24.3 Å². The number of Topliss-reactive ketones (excluding diaryl/α,β-unsaturated/α-hetero) is 1. The summed E-state index contributed by atoms with van der Waals surface area (Å²) >= 11 is 0. The summed E-state index contributed by atoms with van der Waals surface area (Å²) in [7, 11) is -0.807. The van der Waals surface area contributed by atoms with E-state index in [2.05, 4.69) is 4.90 Å². The Bertz CT molecular complexity index is 1320. The molecule has 2 aliphatic rings. The highest BCUT2D eigenvalue weighted by molar-refractivity contribution is 7.89. The molecule has 10 nitrogen and oxygen atoms in total. The molecule has 11 heteroatoms. The minimum absolute atomic E-state index is 0.0348. The van der Waals surface area contributed by atoms with Gasteiger partial charge in [0.25, 0.3) is 11.7 Å². The summed E-state index contributed by atoms with van der Waals surface area (Å²) in [5, 5.41) is 11.3. The van der Waals surface area contributed by atoms with Crippen molar-refractivity contribution in [2.24, 2.45) is 0 Å². The predicted molar refractivity (Wildman–Crippen MR) is 146 cm³/mol. The highest BCUT2D eigenvalue weighted by Gasteiger charge is 2.46. The van der Waals surface area contributed by atoms with Crippen LogP contribution >= 0.6 is 0 Å². The summed E-state index contributed by atoms with van der Waals surface area (Å²) in [5.41, 5.74) is 0.868. The number of ketones is 1. The fraction of sp³-hybridized carbons (Fsp3) is 0.429. The van der Waals surface area contributed by atoms with Crippen molar-refractivity contribution in [3.8, 4) is 5.75 Å². The van der Waals surface area contributed by atoms with Crippen molar-refractivity contribution in [1.29, 1.82) is 0 Å². The molecule has 0 aromatic heterocycles. The quantitative estimate of drug-likeness (QED) is 0.269. The van der Waals surface area contributed by atoms with Crippen LogP contribution in [0.3, 0.4) is 0 Å². The van der Waals surface area contributed by atoms with E-state index < -0.39 is 27.8 Å². The number of carbonyl (C=O) groups is 2. The van der Waals surface area contributed by atoms with Crippen LogP contribution in [0.5, 0.6) is 5.75 Å². The second-order valence-electron chi connectivity index (χ2n) is 9.68. The van der Waals surface area contributed by atoms with Gasteiger partial charge >= 0.3 is 0 Å². The summed E-state index contributed by atoms with van der Waals surface area (Å²) in [6, 6.07) is 12.0. The van der Waals surface area contributed by atoms with E-state index in [0.717, 1.165) is 23.8 Å². The molecule has 210 valence electrons. The maximum absolute atomic E-state index is 13.3. The average molecular weight is 558 g/mol. The van der Waals surface area contributed by atoms with Gasteiger partial charge in [0.2, 0.25) is 10.0 Å². The number of carbonyl (C=O) groups excluding carboxylic acids is 2. The van der Waals surface area contributed by atoms with Gasteiger partial charge in [0, 0.05) is 45.8 Å². The number of morpholine rings is 1. The van der Waals surface area contributed by atoms with E-state index in [9.17, 15) is 23.1 Å². The highest BCUT2D eigenvalue weighted by Crippen LogP contribution is 2.40. The average Bonchev–Trinajstić information content (AvgIpc) is 3.20. The van der Waals surface area contributed by atoms with Gasteiger partial charge in [-0.15, -0.1) is 0 Å². The van der Waals surface area contributed by atoms with Crippen molar-refractivity contribution in [1.82, 2.24) is 14.1 Å². The first kappa shape index (κ1) is 28.8. The predicted octanol–water partition coefficient (Wildman–Crippen LogP) is 2.48. The molecule has 2 aliphatic heterocycles. The number of ether oxygens (including phenoxy) is 2. The Morgan fingerprint density at radius 1 is 1.03 bits per heavy atom. The van der Waals surface area contributed by atoms with Gasteiger partial charge in [-0.1, -0.05) is 19.1 Å². The lowest BCUT2D eigenvalue weighted by Gasteiger charge is -2.31. The summed E-state index contributed by atoms with van der Waals surface area (Å²) in [6.07, 6.45) is 0.859. The number of aliphatic hydroxyl groups excluding tert-OH is 1. The number of amides is 1. The number of hydrogen-bond acceptors (Lipinski definition) is 8. The SMILES string of the molecule is CCCOc1ccc([C@H]2C(=C(O)c3ccc(S(=O)(=O)N(C)C)cc3)C(=O)C(=O)N2CCN2CCOCC2)cc1. The Balaban J connectivity index is 1.71. The molecule has 2 fully saturated rings. The first-order valence-corrected chi connectivity index (χ1v) is 14.4.